The first kappa shape index (κ1) is 19.0. The normalized spacial score (nSPS) is 15.1. The van der Waals surface area contributed by atoms with Crippen LogP contribution < -0.4 is 9.80 Å². The van der Waals surface area contributed by atoms with Crippen molar-refractivity contribution in [2.24, 2.45) is 0 Å². The number of benzene rings is 2. The lowest BCUT2D eigenvalue weighted by Crippen LogP contribution is -2.46. The van der Waals surface area contributed by atoms with E-state index < -0.39 is 0 Å². The lowest BCUT2D eigenvalue weighted by Gasteiger charge is -2.34. The fourth-order valence-electron chi connectivity index (χ4n) is 3.23. The van der Waals surface area contributed by atoms with Crippen molar-refractivity contribution in [2.75, 3.05) is 36.0 Å². The third-order valence-corrected chi connectivity index (χ3v) is 8.45. The second-order valence-electron chi connectivity index (χ2n) is 6.38. The van der Waals surface area contributed by atoms with Crippen LogP contribution >= 0.6 is 69.1 Å². The van der Waals surface area contributed by atoms with Crippen LogP contribution in [0.4, 0.5) is 10.3 Å². The first-order chi connectivity index (χ1) is 13.5. The summed E-state index contributed by atoms with van der Waals surface area (Å²) < 4.78 is 1.86. The van der Waals surface area contributed by atoms with E-state index in [1.165, 1.54) is 0 Å². The van der Waals surface area contributed by atoms with Gasteiger partial charge in [0.15, 0.2) is 10.3 Å². The summed E-state index contributed by atoms with van der Waals surface area (Å²) in [6, 6.07) is 7.21. The molecule has 28 heavy (non-hydrogen) atoms. The predicted molar refractivity (Wildman–Crippen MR) is 124 cm³/mol. The van der Waals surface area contributed by atoms with E-state index in [1.54, 1.807) is 34.8 Å². The van der Waals surface area contributed by atoms with Gasteiger partial charge in [-0.25, -0.2) is 9.97 Å². The number of hydrogen-bond donors (Lipinski definition) is 0. The van der Waals surface area contributed by atoms with Crippen LogP contribution in [0.25, 0.3) is 20.4 Å². The first-order valence-corrected chi connectivity index (χ1v) is 11.6. The van der Waals surface area contributed by atoms with Crippen molar-refractivity contribution in [1.82, 2.24) is 9.97 Å². The first-order valence-electron chi connectivity index (χ1n) is 8.50. The minimum absolute atomic E-state index is 0.628. The van der Waals surface area contributed by atoms with Gasteiger partial charge in [-0.05, 0) is 24.3 Å². The Hall–Kier alpha value is -1.02. The minimum atomic E-state index is 0.628. The number of halogens is 4. The van der Waals surface area contributed by atoms with Gasteiger partial charge in [0.25, 0.3) is 0 Å². The SMILES string of the molecule is Clc1ccc(Cl)c2sc(N3CCN(c4nc5c(Cl)ccc(Cl)c5s4)CC3)nc12. The van der Waals surface area contributed by atoms with E-state index >= 15 is 0 Å². The zero-order valence-electron chi connectivity index (χ0n) is 14.3. The Labute approximate surface area is 189 Å². The molecule has 1 saturated heterocycles. The molecule has 0 bridgehead atoms. The molecule has 0 radical (unpaired) electrons. The van der Waals surface area contributed by atoms with Crippen molar-refractivity contribution in [3.05, 3.63) is 44.4 Å². The maximum Gasteiger partial charge on any atom is 0.186 e. The average molecular weight is 490 g/mol. The van der Waals surface area contributed by atoms with Crippen LogP contribution in [0.5, 0.6) is 0 Å². The van der Waals surface area contributed by atoms with Crippen molar-refractivity contribution in [3.8, 4) is 0 Å². The quantitative estimate of drug-likeness (QED) is 0.308. The van der Waals surface area contributed by atoms with Crippen LogP contribution in [0.15, 0.2) is 24.3 Å². The molecule has 1 aliphatic heterocycles. The van der Waals surface area contributed by atoms with Gasteiger partial charge in [0, 0.05) is 26.2 Å². The molecule has 0 spiro atoms. The zero-order valence-corrected chi connectivity index (χ0v) is 18.9. The molecule has 0 saturated carbocycles. The maximum atomic E-state index is 6.31. The summed E-state index contributed by atoms with van der Waals surface area (Å²) in [4.78, 5) is 14.0. The smallest absolute Gasteiger partial charge is 0.186 e. The number of anilines is 2. The number of fused-ring (bicyclic) bond motifs is 2. The molecule has 144 valence electrons. The lowest BCUT2D eigenvalue weighted by molar-refractivity contribution is 0.651. The highest BCUT2D eigenvalue weighted by molar-refractivity contribution is 7.23. The second-order valence-corrected chi connectivity index (χ2v) is 9.96. The highest BCUT2D eigenvalue weighted by atomic mass is 35.5. The topological polar surface area (TPSA) is 32.3 Å². The second kappa shape index (κ2) is 7.35. The van der Waals surface area contributed by atoms with Crippen molar-refractivity contribution in [2.45, 2.75) is 0 Å². The van der Waals surface area contributed by atoms with Crippen LogP contribution in [0.2, 0.25) is 20.1 Å². The van der Waals surface area contributed by atoms with E-state index in [9.17, 15) is 0 Å². The van der Waals surface area contributed by atoms with Gasteiger partial charge >= 0.3 is 0 Å². The molecule has 3 heterocycles. The summed E-state index contributed by atoms with van der Waals surface area (Å²) in [5.74, 6) is 0. The third kappa shape index (κ3) is 3.20. The van der Waals surface area contributed by atoms with E-state index in [4.69, 9.17) is 56.4 Å². The molecule has 1 fully saturated rings. The summed E-state index contributed by atoms with van der Waals surface area (Å²) in [5, 5.41) is 4.52. The van der Waals surface area contributed by atoms with Gasteiger partial charge in [0.1, 0.15) is 11.0 Å². The predicted octanol–water partition coefficient (Wildman–Crippen LogP) is 6.85. The Morgan fingerprint density at radius 3 is 1.32 bits per heavy atom. The summed E-state index contributed by atoms with van der Waals surface area (Å²) in [6.45, 7) is 3.36. The van der Waals surface area contributed by atoms with E-state index in [0.717, 1.165) is 56.9 Å². The van der Waals surface area contributed by atoms with Gasteiger partial charge in [-0.2, -0.15) is 0 Å². The summed E-state index contributed by atoms with van der Waals surface area (Å²) >= 11 is 28.3. The van der Waals surface area contributed by atoms with Crippen molar-refractivity contribution in [1.29, 1.82) is 0 Å². The molecule has 1 aliphatic rings. The summed E-state index contributed by atoms with van der Waals surface area (Å²) in [7, 11) is 0. The highest BCUT2D eigenvalue weighted by Gasteiger charge is 2.24. The molecule has 2 aromatic carbocycles. The fraction of sp³-hybridized carbons (Fsp3) is 0.222. The number of hydrogen-bond acceptors (Lipinski definition) is 6. The van der Waals surface area contributed by atoms with Gasteiger partial charge < -0.3 is 9.80 Å². The molecule has 2 aromatic heterocycles. The Balaban J connectivity index is 1.38. The highest BCUT2D eigenvalue weighted by Crippen LogP contribution is 2.40. The van der Waals surface area contributed by atoms with Gasteiger partial charge in [-0.1, -0.05) is 69.1 Å². The van der Waals surface area contributed by atoms with E-state index in [1.807, 2.05) is 12.1 Å². The summed E-state index contributed by atoms with van der Waals surface area (Å²) in [6.07, 6.45) is 0. The number of piperazine rings is 1. The third-order valence-electron chi connectivity index (χ3n) is 4.69. The van der Waals surface area contributed by atoms with Gasteiger partial charge in [-0.3, -0.25) is 0 Å². The van der Waals surface area contributed by atoms with Crippen LogP contribution in [0, 0.1) is 0 Å². The monoisotopic (exact) mass is 488 g/mol. The minimum Gasteiger partial charge on any atom is -0.345 e. The van der Waals surface area contributed by atoms with Crippen molar-refractivity contribution >= 4 is 99.8 Å². The Bertz CT molecular complexity index is 1030. The Morgan fingerprint density at radius 2 is 0.964 bits per heavy atom. The van der Waals surface area contributed by atoms with E-state index in [-0.39, 0.29) is 0 Å². The standard InChI is InChI=1S/C18H12Cl4N4S2/c19-9-1-3-11(21)15-13(9)23-17(27-15)25-5-7-26(8-6-25)18-24-14-10(20)2-4-12(22)16(14)28-18/h1-4H,5-8H2. The number of thiazole rings is 2. The summed E-state index contributed by atoms with van der Waals surface area (Å²) in [5.41, 5.74) is 1.54. The van der Waals surface area contributed by atoms with Crippen LogP contribution in [0.1, 0.15) is 0 Å². The van der Waals surface area contributed by atoms with Gasteiger partial charge in [0.2, 0.25) is 0 Å². The fourth-order valence-corrected chi connectivity index (χ4v) is 6.37. The largest absolute Gasteiger partial charge is 0.345 e. The molecule has 0 aliphatic carbocycles. The molecule has 4 aromatic rings. The molecule has 5 rings (SSSR count). The zero-order chi connectivity index (χ0) is 19.4. The molecular formula is C18H12Cl4N4S2. The molecular weight excluding hydrogens is 478 g/mol. The van der Waals surface area contributed by atoms with Crippen LogP contribution in [-0.4, -0.2) is 36.1 Å². The Morgan fingerprint density at radius 1 is 0.607 bits per heavy atom. The van der Waals surface area contributed by atoms with Crippen LogP contribution in [0.3, 0.4) is 0 Å². The van der Waals surface area contributed by atoms with Crippen LogP contribution in [-0.2, 0) is 0 Å². The molecule has 0 amide bonds. The maximum absolute atomic E-state index is 6.31. The molecule has 0 atom stereocenters. The molecule has 0 N–H and O–H groups in total. The van der Waals surface area contributed by atoms with E-state index in [0.29, 0.717) is 20.1 Å². The number of rotatable bonds is 2. The molecule has 10 heteroatoms. The van der Waals surface area contributed by atoms with Crippen molar-refractivity contribution in [3.63, 3.8) is 0 Å². The number of nitrogens with zero attached hydrogens (tertiary/aromatic N) is 4. The van der Waals surface area contributed by atoms with Gasteiger partial charge in [-0.15, -0.1) is 0 Å². The average Bonchev–Trinajstić information content (AvgIpc) is 3.34. The van der Waals surface area contributed by atoms with Gasteiger partial charge in [0.05, 0.1) is 29.5 Å². The van der Waals surface area contributed by atoms with Crippen molar-refractivity contribution < 1.29 is 0 Å². The lowest BCUT2D eigenvalue weighted by atomic mass is 10.3. The number of aromatic nitrogens is 2. The Kier molecular flexibility index (Phi) is 4.98. The molecule has 0 unspecified atom stereocenters. The molecule has 4 nitrogen and oxygen atoms in total. The van der Waals surface area contributed by atoms with E-state index in [2.05, 4.69) is 9.80 Å².